The number of thiazole rings is 1. The number of carbonyl (C=O) groups excluding carboxylic acids is 2. The zero-order chi connectivity index (χ0) is 15.1. The number of amides is 1. The van der Waals surface area contributed by atoms with Gasteiger partial charge < -0.3 is 10.1 Å². The number of carbonyl (C=O) groups is 2. The van der Waals surface area contributed by atoms with Crippen molar-refractivity contribution in [2.24, 2.45) is 0 Å². The Bertz CT molecular complexity index is 591. The molecule has 21 heavy (non-hydrogen) atoms. The van der Waals surface area contributed by atoms with E-state index in [4.69, 9.17) is 0 Å². The lowest BCUT2D eigenvalue weighted by Gasteiger charge is -2.03. The largest absolute Gasteiger partial charge is 0.469 e. The van der Waals surface area contributed by atoms with Crippen molar-refractivity contribution in [2.75, 3.05) is 13.7 Å². The number of aryl methyl sites for hydroxylation is 1. The molecule has 1 heterocycles. The van der Waals surface area contributed by atoms with Crippen LogP contribution in [0.15, 0.2) is 24.3 Å². The molecule has 1 aromatic carbocycles. The highest BCUT2D eigenvalue weighted by Crippen LogP contribution is 2.22. The Kier molecular flexibility index (Phi) is 5.68. The zero-order valence-corrected chi connectivity index (χ0v) is 12.7. The standard InChI is InChI=1S/C15H18N2O3S/c1-20-15(19)9-10-16-13(18)7-4-8-14-17-11-5-2-3-6-12(11)21-14/h2-3,5-6H,4,7-10H2,1H3,(H,16,18). The second-order valence-electron chi connectivity index (χ2n) is 4.60. The second kappa shape index (κ2) is 7.73. The van der Waals surface area contributed by atoms with E-state index < -0.39 is 0 Å². The highest BCUT2D eigenvalue weighted by Gasteiger charge is 2.06. The third-order valence-electron chi connectivity index (χ3n) is 3.01. The van der Waals surface area contributed by atoms with Crippen molar-refractivity contribution in [3.05, 3.63) is 29.3 Å². The Morgan fingerprint density at radius 2 is 2.10 bits per heavy atom. The average molecular weight is 306 g/mol. The number of rotatable bonds is 7. The molecule has 0 saturated heterocycles. The summed E-state index contributed by atoms with van der Waals surface area (Å²) in [6, 6.07) is 8.02. The summed E-state index contributed by atoms with van der Waals surface area (Å²) in [7, 11) is 1.34. The monoisotopic (exact) mass is 306 g/mol. The van der Waals surface area contributed by atoms with Crippen LogP contribution < -0.4 is 5.32 Å². The van der Waals surface area contributed by atoms with Crippen LogP contribution in [-0.4, -0.2) is 30.5 Å². The summed E-state index contributed by atoms with van der Waals surface area (Å²) >= 11 is 1.67. The number of benzene rings is 1. The third kappa shape index (κ3) is 4.82. The van der Waals surface area contributed by atoms with Crippen LogP contribution in [0.1, 0.15) is 24.3 Å². The van der Waals surface area contributed by atoms with Crippen molar-refractivity contribution in [2.45, 2.75) is 25.7 Å². The number of esters is 1. The molecule has 0 aliphatic carbocycles. The van der Waals surface area contributed by atoms with Crippen molar-refractivity contribution in [3.63, 3.8) is 0 Å². The van der Waals surface area contributed by atoms with Crippen LogP contribution in [0.25, 0.3) is 10.2 Å². The van der Waals surface area contributed by atoms with Gasteiger partial charge in [0.25, 0.3) is 0 Å². The second-order valence-corrected chi connectivity index (χ2v) is 5.72. The summed E-state index contributed by atoms with van der Waals surface area (Å²) in [6.07, 6.45) is 2.20. The minimum atomic E-state index is -0.315. The number of hydrogen-bond donors (Lipinski definition) is 1. The van der Waals surface area contributed by atoms with Gasteiger partial charge in [-0.25, -0.2) is 4.98 Å². The maximum Gasteiger partial charge on any atom is 0.307 e. The van der Waals surface area contributed by atoms with Gasteiger partial charge in [0.15, 0.2) is 0 Å². The van der Waals surface area contributed by atoms with E-state index in [0.717, 1.165) is 23.4 Å². The summed E-state index contributed by atoms with van der Waals surface area (Å²) in [5, 5.41) is 3.76. The van der Waals surface area contributed by atoms with Crippen LogP contribution in [0, 0.1) is 0 Å². The van der Waals surface area contributed by atoms with Gasteiger partial charge >= 0.3 is 5.97 Å². The molecule has 0 bridgehead atoms. The Hall–Kier alpha value is -1.95. The lowest BCUT2D eigenvalue weighted by molar-refractivity contribution is -0.140. The number of methoxy groups -OCH3 is 1. The summed E-state index contributed by atoms with van der Waals surface area (Å²) in [4.78, 5) is 27.0. The number of aromatic nitrogens is 1. The topological polar surface area (TPSA) is 68.3 Å². The SMILES string of the molecule is COC(=O)CCNC(=O)CCCc1nc2ccccc2s1. The summed E-state index contributed by atoms with van der Waals surface area (Å²) in [6.45, 7) is 0.326. The number of nitrogens with zero attached hydrogens (tertiary/aromatic N) is 1. The van der Waals surface area contributed by atoms with Crippen LogP contribution >= 0.6 is 11.3 Å². The number of para-hydroxylation sites is 1. The van der Waals surface area contributed by atoms with Gasteiger partial charge in [-0.2, -0.15) is 0 Å². The van der Waals surface area contributed by atoms with Gasteiger partial charge in [-0.15, -0.1) is 11.3 Å². The average Bonchev–Trinajstić information content (AvgIpc) is 2.89. The van der Waals surface area contributed by atoms with Crippen LogP contribution in [-0.2, 0) is 20.7 Å². The van der Waals surface area contributed by atoms with E-state index in [0.29, 0.717) is 13.0 Å². The highest BCUT2D eigenvalue weighted by atomic mass is 32.1. The normalized spacial score (nSPS) is 10.5. The number of fused-ring (bicyclic) bond motifs is 1. The molecule has 1 aromatic heterocycles. The fourth-order valence-corrected chi connectivity index (χ4v) is 2.93. The van der Waals surface area contributed by atoms with E-state index in [1.165, 1.54) is 11.8 Å². The molecule has 5 nitrogen and oxygen atoms in total. The molecular formula is C15H18N2O3S. The zero-order valence-electron chi connectivity index (χ0n) is 11.9. The van der Waals surface area contributed by atoms with Crippen LogP contribution in [0.3, 0.4) is 0 Å². The van der Waals surface area contributed by atoms with Gasteiger partial charge in [-0.1, -0.05) is 12.1 Å². The first-order valence-electron chi connectivity index (χ1n) is 6.87. The first-order chi connectivity index (χ1) is 10.2. The fourth-order valence-electron chi connectivity index (χ4n) is 1.92. The lowest BCUT2D eigenvalue weighted by atomic mass is 10.2. The molecular weight excluding hydrogens is 288 g/mol. The number of hydrogen-bond acceptors (Lipinski definition) is 5. The number of nitrogens with one attached hydrogen (secondary N) is 1. The molecule has 6 heteroatoms. The van der Waals surface area contributed by atoms with Crippen LogP contribution in [0.5, 0.6) is 0 Å². The quantitative estimate of drug-likeness (QED) is 0.797. The molecule has 0 radical (unpaired) electrons. The predicted molar refractivity (Wildman–Crippen MR) is 82.2 cm³/mol. The van der Waals surface area contributed by atoms with E-state index in [1.807, 2.05) is 18.2 Å². The molecule has 0 fully saturated rings. The molecule has 112 valence electrons. The first-order valence-corrected chi connectivity index (χ1v) is 7.68. The van der Waals surface area contributed by atoms with E-state index in [1.54, 1.807) is 11.3 Å². The fraction of sp³-hybridized carbons (Fsp3) is 0.400. The third-order valence-corrected chi connectivity index (χ3v) is 4.11. The molecule has 1 amide bonds. The van der Waals surface area contributed by atoms with Crippen molar-refractivity contribution < 1.29 is 14.3 Å². The molecule has 0 aliphatic rings. The van der Waals surface area contributed by atoms with Gasteiger partial charge in [0.1, 0.15) is 0 Å². The summed E-state index contributed by atoms with van der Waals surface area (Å²) in [5.41, 5.74) is 1.01. The Morgan fingerprint density at radius 1 is 1.29 bits per heavy atom. The van der Waals surface area contributed by atoms with Gasteiger partial charge in [0.2, 0.25) is 5.91 Å². The van der Waals surface area contributed by atoms with Crippen molar-refractivity contribution >= 4 is 33.4 Å². The molecule has 2 aromatic rings. The summed E-state index contributed by atoms with van der Waals surface area (Å²) < 4.78 is 5.68. The minimum Gasteiger partial charge on any atom is -0.469 e. The Balaban J connectivity index is 1.69. The van der Waals surface area contributed by atoms with Crippen molar-refractivity contribution in [1.29, 1.82) is 0 Å². The Labute approximate surface area is 127 Å². The Morgan fingerprint density at radius 3 is 2.86 bits per heavy atom. The first kappa shape index (κ1) is 15.4. The number of ether oxygens (including phenoxy) is 1. The predicted octanol–water partition coefficient (Wildman–Crippen LogP) is 2.30. The van der Waals surface area contributed by atoms with Gasteiger partial charge in [0, 0.05) is 13.0 Å². The minimum absolute atomic E-state index is 0.0417. The van der Waals surface area contributed by atoms with Crippen molar-refractivity contribution in [1.82, 2.24) is 10.3 Å². The van der Waals surface area contributed by atoms with Gasteiger partial charge in [0.05, 0.1) is 28.8 Å². The molecule has 0 atom stereocenters. The molecule has 0 unspecified atom stereocenters. The molecule has 0 spiro atoms. The molecule has 1 N–H and O–H groups in total. The smallest absolute Gasteiger partial charge is 0.307 e. The van der Waals surface area contributed by atoms with E-state index >= 15 is 0 Å². The van der Waals surface area contributed by atoms with Crippen LogP contribution in [0.4, 0.5) is 0 Å². The lowest BCUT2D eigenvalue weighted by Crippen LogP contribution is -2.26. The molecule has 0 saturated carbocycles. The van der Waals surface area contributed by atoms with E-state index in [-0.39, 0.29) is 18.3 Å². The van der Waals surface area contributed by atoms with E-state index in [2.05, 4.69) is 21.1 Å². The van der Waals surface area contributed by atoms with Gasteiger partial charge in [-0.05, 0) is 25.0 Å². The molecule has 0 aliphatic heterocycles. The maximum atomic E-state index is 11.6. The maximum absolute atomic E-state index is 11.6. The highest BCUT2D eigenvalue weighted by molar-refractivity contribution is 7.18. The molecule has 2 rings (SSSR count). The van der Waals surface area contributed by atoms with Crippen LogP contribution in [0.2, 0.25) is 0 Å². The summed E-state index contributed by atoms with van der Waals surface area (Å²) in [5.74, 6) is -0.357. The van der Waals surface area contributed by atoms with E-state index in [9.17, 15) is 9.59 Å². The van der Waals surface area contributed by atoms with Crippen molar-refractivity contribution in [3.8, 4) is 0 Å². The van der Waals surface area contributed by atoms with Gasteiger partial charge in [-0.3, -0.25) is 9.59 Å².